The van der Waals surface area contributed by atoms with Crippen molar-refractivity contribution in [1.82, 2.24) is 9.55 Å². The SMILES string of the molecule is CCOC(=O)C(C)(C)n1c(=O)[nH]c2scc(-c3ccc4c(c3)CCCC4)c2c1=O. The summed E-state index contributed by atoms with van der Waals surface area (Å²) in [5, 5.41) is 2.33. The van der Waals surface area contributed by atoms with E-state index in [0.717, 1.165) is 28.5 Å². The van der Waals surface area contributed by atoms with Gasteiger partial charge in [-0.3, -0.25) is 9.78 Å². The molecule has 0 radical (unpaired) electrons. The number of ether oxygens (including phenoxy) is 1. The molecule has 1 aliphatic rings. The minimum Gasteiger partial charge on any atom is -0.464 e. The van der Waals surface area contributed by atoms with Crippen LogP contribution in [0.2, 0.25) is 0 Å². The molecule has 0 saturated carbocycles. The maximum absolute atomic E-state index is 13.4. The molecule has 4 rings (SSSR count). The van der Waals surface area contributed by atoms with Crippen LogP contribution < -0.4 is 11.2 Å². The second-order valence-electron chi connectivity index (χ2n) is 7.89. The van der Waals surface area contributed by atoms with E-state index in [9.17, 15) is 14.4 Å². The lowest BCUT2D eigenvalue weighted by Gasteiger charge is -2.24. The van der Waals surface area contributed by atoms with Crippen molar-refractivity contribution in [3.8, 4) is 11.1 Å². The summed E-state index contributed by atoms with van der Waals surface area (Å²) >= 11 is 1.33. The highest BCUT2D eigenvalue weighted by atomic mass is 32.1. The van der Waals surface area contributed by atoms with Gasteiger partial charge in [-0.2, -0.15) is 0 Å². The number of aryl methyl sites for hydroxylation is 2. The number of fused-ring (bicyclic) bond motifs is 2. The van der Waals surface area contributed by atoms with E-state index < -0.39 is 22.8 Å². The molecular formula is C22H24N2O4S. The minimum atomic E-state index is -1.41. The Balaban J connectivity index is 1.92. The number of carbonyl (C=O) groups is 1. The molecule has 7 heteroatoms. The van der Waals surface area contributed by atoms with Crippen LogP contribution in [0.25, 0.3) is 21.3 Å². The molecule has 0 amide bonds. The van der Waals surface area contributed by atoms with Crippen molar-refractivity contribution in [2.75, 3.05) is 6.61 Å². The van der Waals surface area contributed by atoms with E-state index in [-0.39, 0.29) is 6.61 Å². The van der Waals surface area contributed by atoms with Gasteiger partial charge in [0.05, 0.1) is 12.0 Å². The number of nitrogens with one attached hydrogen (secondary N) is 1. The van der Waals surface area contributed by atoms with Crippen LogP contribution in [-0.2, 0) is 27.9 Å². The minimum absolute atomic E-state index is 0.177. The quantitative estimate of drug-likeness (QED) is 0.664. The summed E-state index contributed by atoms with van der Waals surface area (Å²) in [5.74, 6) is -0.613. The van der Waals surface area contributed by atoms with E-state index in [2.05, 4.69) is 17.1 Å². The third kappa shape index (κ3) is 3.23. The zero-order valence-electron chi connectivity index (χ0n) is 16.8. The number of aromatic nitrogens is 2. The molecule has 29 heavy (non-hydrogen) atoms. The fourth-order valence-electron chi connectivity index (χ4n) is 4.04. The van der Waals surface area contributed by atoms with Gasteiger partial charge in [0.25, 0.3) is 5.56 Å². The first-order valence-electron chi connectivity index (χ1n) is 9.91. The molecular weight excluding hydrogens is 388 g/mol. The van der Waals surface area contributed by atoms with Gasteiger partial charge in [0.15, 0.2) is 0 Å². The first-order valence-corrected chi connectivity index (χ1v) is 10.8. The van der Waals surface area contributed by atoms with Crippen molar-refractivity contribution in [1.29, 1.82) is 0 Å². The number of rotatable bonds is 4. The summed E-state index contributed by atoms with van der Waals surface area (Å²) in [6.45, 7) is 4.92. The van der Waals surface area contributed by atoms with Gasteiger partial charge in [-0.05, 0) is 63.1 Å². The fraction of sp³-hybridized carbons (Fsp3) is 0.409. The molecule has 0 fully saturated rings. The summed E-state index contributed by atoms with van der Waals surface area (Å²) in [7, 11) is 0. The van der Waals surface area contributed by atoms with Crippen LogP contribution in [0.3, 0.4) is 0 Å². The Kier molecular flexibility index (Phi) is 4.94. The number of hydrogen-bond acceptors (Lipinski definition) is 5. The highest BCUT2D eigenvalue weighted by Crippen LogP contribution is 2.33. The predicted octanol–water partition coefficient (Wildman–Crippen LogP) is 3.60. The smallest absolute Gasteiger partial charge is 0.332 e. The highest BCUT2D eigenvalue weighted by Gasteiger charge is 2.35. The van der Waals surface area contributed by atoms with Crippen molar-refractivity contribution in [2.24, 2.45) is 0 Å². The monoisotopic (exact) mass is 412 g/mol. The average molecular weight is 413 g/mol. The van der Waals surface area contributed by atoms with Crippen LogP contribution in [0.5, 0.6) is 0 Å². The zero-order valence-corrected chi connectivity index (χ0v) is 17.6. The molecule has 0 aliphatic heterocycles. The second kappa shape index (κ2) is 7.30. The van der Waals surface area contributed by atoms with Gasteiger partial charge in [-0.1, -0.05) is 18.2 Å². The summed E-state index contributed by atoms with van der Waals surface area (Å²) in [5.41, 5.74) is 1.94. The largest absolute Gasteiger partial charge is 0.464 e. The predicted molar refractivity (Wildman–Crippen MR) is 115 cm³/mol. The van der Waals surface area contributed by atoms with Gasteiger partial charge in [0.1, 0.15) is 10.4 Å². The van der Waals surface area contributed by atoms with E-state index in [4.69, 9.17) is 4.74 Å². The number of benzene rings is 1. The Morgan fingerprint density at radius 1 is 1.21 bits per heavy atom. The topological polar surface area (TPSA) is 81.2 Å². The number of esters is 1. The average Bonchev–Trinajstić information content (AvgIpc) is 3.11. The molecule has 1 aromatic carbocycles. The van der Waals surface area contributed by atoms with Gasteiger partial charge in [-0.25, -0.2) is 14.2 Å². The Morgan fingerprint density at radius 3 is 2.66 bits per heavy atom. The van der Waals surface area contributed by atoms with Crippen LogP contribution >= 0.6 is 11.3 Å². The van der Waals surface area contributed by atoms with Crippen LogP contribution in [0.1, 0.15) is 44.7 Å². The molecule has 1 N–H and O–H groups in total. The van der Waals surface area contributed by atoms with Gasteiger partial charge in [0, 0.05) is 10.9 Å². The van der Waals surface area contributed by atoms with Crippen molar-refractivity contribution in [3.05, 3.63) is 55.5 Å². The molecule has 0 atom stereocenters. The third-order valence-corrected chi connectivity index (χ3v) is 6.52. The van der Waals surface area contributed by atoms with E-state index in [1.54, 1.807) is 6.92 Å². The second-order valence-corrected chi connectivity index (χ2v) is 8.77. The first kappa shape index (κ1) is 19.6. The molecule has 0 bridgehead atoms. The van der Waals surface area contributed by atoms with Gasteiger partial charge in [-0.15, -0.1) is 11.3 Å². The Hall–Kier alpha value is -2.67. The molecule has 6 nitrogen and oxygen atoms in total. The normalized spacial score (nSPS) is 14.0. The lowest BCUT2D eigenvalue weighted by Crippen LogP contribution is -2.51. The van der Waals surface area contributed by atoms with Gasteiger partial charge in [0.2, 0.25) is 0 Å². The lowest BCUT2D eigenvalue weighted by atomic mass is 9.89. The maximum atomic E-state index is 13.4. The van der Waals surface area contributed by atoms with Gasteiger partial charge >= 0.3 is 11.7 Å². The molecule has 152 valence electrons. The standard InChI is InChI=1S/C22H24N2O4S/c1-4-28-20(26)22(2,3)24-19(25)17-16(12-29-18(17)23-21(24)27)15-10-9-13-7-5-6-8-14(13)11-15/h9-12H,4-8H2,1-3H3,(H,23,27). The highest BCUT2D eigenvalue weighted by molar-refractivity contribution is 7.17. The van der Waals surface area contributed by atoms with Crippen molar-refractivity contribution < 1.29 is 9.53 Å². The number of hydrogen-bond donors (Lipinski definition) is 1. The van der Waals surface area contributed by atoms with Crippen LogP contribution in [-0.4, -0.2) is 22.1 Å². The number of aromatic amines is 1. The van der Waals surface area contributed by atoms with Crippen LogP contribution in [0.15, 0.2) is 33.2 Å². The third-order valence-electron chi connectivity index (χ3n) is 5.63. The van der Waals surface area contributed by atoms with E-state index in [1.165, 1.54) is 49.2 Å². The van der Waals surface area contributed by atoms with Crippen molar-refractivity contribution >= 4 is 27.5 Å². The summed E-state index contributed by atoms with van der Waals surface area (Å²) in [4.78, 5) is 41.8. The Bertz CT molecular complexity index is 1220. The Morgan fingerprint density at radius 2 is 1.93 bits per heavy atom. The van der Waals surface area contributed by atoms with E-state index in [1.807, 2.05) is 11.4 Å². The van der Waals surface area contributed by atoms with Crippen LogP contribution in [0, 0.1) is 0 Å². The maximum Gasteiger partial charge on any atom is 0.332 e. The van der Waals surface area contributed by atoms with Crippen molar-refractivity contribution in [2.45, 2.75) is 52.0 Å². The molecule has 0 saturated heterocycles. The molecule has 1 aliphatic carbocycles. The molecule has 0 unspecified atom stereocenters. The fourth-order valence-corrected chi connectivity index (χ4v) is 4.99. The summed E-state index contributed by atoms with van der Waals surface area (Å²) in [6.07, 6.45) is 4.52. The summed E-state index contributed by atoms with van der Waals surface area (Å²) < 4.78 is 6.07. The number of H-pyrrole nitrogens is 1. The Labute approximate surface area is 172 Å². The number of nitrogens with zero attached hydrogens (tertiary/aromatic N) is 1. The molecule has 2 aromatic heterocycles. The molecule has 3 aromatic rings. The number of thiophene rings is 1. The zero-order chi connectivity index (χ0) is 20.8. The van der Waals surface area contributed by atoms with E-state index in [0.29, 0.717) is 10.2 Å². The van der Waals surface area contributed by atoms with Crippen molar-refractivity contribution in [3.63, 3.8) is 0 Å². The van der Waals surface area contributed by atoms with Gasteiger partial charge < -0.3 is 4.74 Å². The first-order chi connectivity index (χ1) is 13.8. The molecule has 0 spiro atoms. The number of carbonyl (C=O) groups excluding carboxylic acids is 1. The lowest BCUT2D eigenvalue weighted by molar-refractivity contribution is -0.152. The summed E-state index contributed by atoms with van der Waals surface area (Å²) in [6, 6.07) is 6.33. The van der Waals surface area contributed by atoms with Crippen LogP contribution in [0.4, 0.5) is 0 Å². The van der Waals surface area contributed by atoms with E-state index >= 15 is 0 Å². The molecule has 2 heterocycles.